The molecule has 0 bridgehead atoms. The quantitative estimate of drug-likeness (QED) is 0.121. The first kappa shape index (κ1) is 52.4. The van der Waals surface area contributed by atoms with Crippen molar-refractivity contribution in [3.8, 4) is 56.1 Å². The minimum Gasteiger partial charge on any atom is -0.310 e. The van der Waals surface area contributed by atoms with Gasteiger partial charge in [0.05, 0.1) is 33.8 Å². The van der Waals surface area contributed by atoms with Crippen molar-refractivity contribution in [3.63, 3.8) is 0 Å². The number of fused-ring (bicyclic) bond motifs is 6. The standard InChI is InChI=1S/C86H58N4/c1-3-17-59(18-4-1)63-37-41-73(42-38-63)87(81-31-15-27-65-23-11-13-29-79(65)81)75-45-49-77(50-46-75)89-83(69-35-33-61-21-7-9-25-67(61)53-69)55-71-58-86-72(57-85(71)89)56-84(70-36-34-62-22-8-10-26-68(62)54-70)90(86)78-51-47-76(48-52-78)88(82-32-16-28-66-24-12-14-30-80(66)82)74-43-39-64(40-44-74)60-19-5-2-6-20-60/h1-58H. The van der Waals surface area contributed by atoms with Crippen LogP contribution in [0.4, 0.5) is 34.1 Å². The molecule has 15 aromatic carbocycles. The molecule has 0 aliphatic rings. The van der Waals surface area contributed by atoms with Gasteiger partial charge < -0.3 is 18.9 Å². The Hall–Kier alpha value is -12.0. The van der Waals surface area contributed by atoms with E-state index in [9.17, 15) is 0 Å². The number of benzene rings is 15. The molecule has 4 heteroatoms. The number of rotatable bonds is 12. The maximum absolute atomic E-state index is 2.47. The molecule has 0 saturated carbocycles. The zero-order chi connectivity index (χ0) is 59.5. The Morgan fingerprint density at radius 1 is 0.189 bits per heavy atom. The third-order valence-corrected chi connectivity index (χ3v) is 18.0. The van der Waals surface area contributed by atoms with Gasteiger partial charge in [-0.3, -0.25) is 0 Å². The molecule has 0 atom stereocenters. The van der Waals surface area contributed by atoms with Crippen LogP contribution >= 0.6 is 0 Å². The number of hydrogen-bond acceptors (Lipinski definition) is 2. The summed E-state index contributed by atoms with van der Waals surface area (Å²) in [6, 6.07) is 129. The largest absolute Gasteiger partial charge is 0.310 e. The molecule has 0 N–H and O–H groups in total. The first-order chi connectivity index (χ1) is 44.6. The second-order valence-corrected chi connectivity index (χ2v) is 23.3. The molecule has 0 unspecified atom stereocenters. The molecule has 0 fully saturated rings. The van der Waals surface area contributed by atoms with Crippen molar-refractivity contribution in [2.75, 3.05) is 9.80 Å². The molecule has 0 saturated heterocycles. The van der Waals surface area contributed by atoms with Gasteiger partial charge in [-0.25, -0.2) is 0 Å². The van der Waals surface area contributed by atoms with Gasteiger partial charge in [-0.1, -0.05) is 231 Å². The molecule has 0 aliphatic heterocycles. The lowest BCUT2D eigenvalue weighted by Gasteiger charge is -2.27. The van der Waals surface area contributed by atoms with Crippen LogP contribution in [0.1, 0.15) is 0 Å². The molecule has 0 spiro atoms. The van der Waals surface area contributed by atoms with Crippen LogP contribution < -0.4 is 9.80 Å². The van der Waals surface area contributed by atoms with Crippen LogP contribution in [0.2, 0.25) is 0 Å². The van der Waals surface area contributed by atoms with Gasteiger partial charge in [-0.2, -0.15) is 0 Å². The SMILES string of the molecule is c1ccc(-c2ccc(N(c3ccc(-n4c(-c5ccc6ccccc6c5)cc5cc6c(cc(-c7ccc8ccccc8c7)n6-c6ccc(N(c7ccc(-c8ccccc8)cc7)c7cccc8ccccc78)cc6)cc54)cc3)c3cccc4ccccc34)cc2)cc1. The molecule has 0 amide bonds. The fourth-order valence-corrected chi connectivity index (χ4v) is 13.6. The molecule has 17 rings (SSSR count). The summed E-state index contributed by atoms with van der Waals surface area (Å²) >= 11 is 0. The Morgan fingerprint density at radius 3 is 0.900 bits per heavy atom. The lowest BCUT2D eigenvalue weighted by molar-refractivity contribution is 1.13. The average Bonchev–Trinajstić information content (AvgIpc) is 1.82. The van der Waals surface area contributed by atoms with Crippen molar-refractivity contribution >= 4 is 99.0 Å². The van der Waals surface area contributed by atoms with Crippen LogP contribution in [0.3, 0.4) is 0 Å². The van der Waals surface area contributed by atoms with Crippen LogP contribution in [0.15, 0.2) is 352 Å². The summed E-state index contributed by atoms with van der Waals surface area (Å²) in [5.41, 5.74) is 20.2. The highest BCUT2D eigenvalue weighted by Gasteiger charge is 2.23. The van der Waals surface area contributed by atoms with Gasteiger partial charge in [0.25, 0.3) is 0 Å². The van der Waals surface area contributed by atoms with Gasteiger partial charge in [-0.15, -0.1) is 0 Å². The fourth-order valence-electron chi connectivity index (χ4n) is 13.6. The van der Waals surface area contributed by atoms with Crippen molar-refractivity contribution in [1.29, 1.82) is 0 Å². The molecule has 0 radical (unpaired) electrons. The molecular formula is C86H58N4. The van der Waals surface area contributed by atoms with Crippen molar-refractivity contribution in [2.45, 2.75) is 0 Å². The van der Waals surface area contributed by atoms with E-state index in [0.717, 1.165) is 89.8 Å². The number of anilines is 6. The minimum atomic E-state index is 1.07. The zero-order valence-corrected chi connectivity index (χ0v) is 49.3. The summed E-state index contributed by atoms with van der Waals surface area (Å²) in [5, 5.41) is 11.9. The van der Waals surface area contributed by atoms with E-state index in [1.165, 1.54) is 65.3 Å². The predicted octanol–water partition coefficient (Wildman–Crippen LogP) is 23.8. The Balaban J connectivity index is 0.831. The first-order valence-electron chi connectivity index (χ1n) is 30.9. The predicted molar refractivity (Wildman–Crippen MR) is 381 cm³/mol. The molecule has 4 nitrogen and oxygen atoms in total. The van der Waals surface area contributed by atoms with Crippen molar-refractivity contribution in [2.24, 2.45) is 0 Å². The normalized spacial score (nSPS) is 11.6. The number of aromatic nitrogens is 2. The van der Waals surface area contributed by atoms with Gasteiger partial charge in [0.1, 0.15) is 0 Å². The van der Waals surface area contributed by atoms with E-state index in [1.807, 2.05) is 0 Å². The van der Waals surface area contributed by atoms with Gasteiger partial charge in [-0.05, 0) is 187 Å². The first-order valence-corrected chi connectivity index (χ1v) is 30.9. The molecule has 17 aromatic rings. The van der Waals surface area contributed by atoms with E-state index in [-0.39, 0.29) is 0 Å². The molecule has 90 heavy (non-hydrogen) atoms. The maximum atomic E-state index is 2.47. The Bertz CT molecular complexity index is 5150. The van der Waals surface area contributed by atoms with Crippen molar-refractivity contribution < 1.29 is 0 Å². The van der Waals surface area contributed by atoms with Gasteiger partial charge in [0, 0.05) is 55.7 Å². The van der Waals surface area contributed by atoms with E-state index >= 15 is 0 Å². The highest BCUT2D eigenvalue weighted by atomic mass is 15.2. The highest BCUT2D eigenvalue weighted by Crippen LogP contribution is 2.45. The third-order valence-electron chi connectivity index (χ3n) is 18.0. The Kier molecular flexibility index (Phi) is 12.8. The summed E-state index contributed by atoms with van der Waals surface area (Å²) in [6.45, 7) is 0. The van der Waals surface area contributed by atoms with Crippen LogP contribution in [-0.2, 0) is 0 Å². The molecule has 0 aliphatic carbocycles. The summed E-state index contributed by atoms with van der Waals surface area (Å²) in [5.74, 6) is 0. The van der Waals surface area contributed by atoms with E-state index in [2.05, 4.69) is 371 Å². The lowest BCUT2D eigenvalue weighted by Crippen LogP contribution is -2.10. The van der Waals surface area contributed by atoms with Crippen LogP contribution in [0.25, 0.3) is 121 Å². The second-order valence-electron chi connectivity index (χ2n) is 23.3. The maximum Gasteiger partial charge on any atom is 0.0542 e. The van der Waals surface area contributed by atoms with Crippen LogP contribution in [-0.4, -0.2) is 9.13 Å². The minimum absolute atomic E-state index is 1.07. The Labute approximate surface area is 522 Å². The van der Waals surface area contributed by atoms with Crippen LogP contribution in [0.5, 0.6) is 0 Å². The Morgan fingerprint density at radius 2 is 0.500 bits per heavy atom. The average molecular weight is 1150 g/mol. The lowest BCUT2D eigenvalue weighted by atomic mass is 10.0. The fraction of sp³-hybridized carbons (Fsp3) is 0. The summed E-state index contributed by atoms with van der Waals surface area (Å²) < 4.78 is 4.94. The van der Waals surface area contributed by atoms with Crippen molar-refractivity contribution in [1.82, 2.24) is 9.13 Å². The zero-order valence-electron chi connectivity index (χ0n) is 49.3. The molecule has 2 aromatic heterocycles. The summed E-state index contributed by atoms with van der Waals surface area (Å²) in [4.78, 5) is 4.80. The second kappa shape index (κ2) is 22.1. The monoisotopic (exact) mass is 1150 g/mol. The molecular weight excluding hydrogens is 1090 g/mol. The topological polar surface area (TPSA) is 16.3 Å². The van der Waals surface area contributed by atoms with Crippen LogP contribution in [0, 0.1) is 0 Å². The third kappa shape index (κ3) is 9.34. The smallest absolute Gasteiger partial charge is 0.0542 e. The van der Waals surface area contributed by atoms with Gasteiger partial charge >= 0.3 is 0 Å². The van der Waals surface area contributed by atoms with E-state index in [0.29, 0.717) is 0 Å². The van der Waals surface area contributed by atoms with Gasteiger partial charge in [0.2, 0.25) is 0 Å². The summed E-state index contributed by atoms with van der Waals surface area (Å²) in [6.07, 6.45) is 0. The number of nitrogens with zero attached hydrogens (tertiary/aromatic N) is 4. The van der Waals surface area contributed by atoms with Gasteiger partial charge in [0.15, 0.2) is 0 Å². The molecule has 422 valence electrons. The van der Waals surface area contributed by atoms with E-state index < -0.39 is 0 Å². The van der Waals surface area contributed by atoms with E-state index in [4.69, 9.17) is 0 Å². The number of hydrogen-bond donors (Lipinski definition) is 0. The highest BCUT2D eigenvalue weighted by molar-refractivity contribution is 6.05. The summed E-state index contributed by atoms with van der Waals surface area (Å²) in [7, 11) is 0. The van der Waals surface area contributed by atoms with Crippen molar-refractivity contribution in [3.05, 3.63) is 352 Å². The van der Waals surface area contributed by atoms with E-state index in [1.54, 1.807) is 0 Å². The molecule has 2 heterocycles.